The number of benzene rings is 2. The number of rotatable bonds is 9. The van der Waals surface area contributed by atoms with Gasteiger partial charge in [-0.15, -0.1) is 0 Å². The van der Waals surface area contributed by atoms with Crippen LogP contribution >= 0.6 is 23.2 Å². The number of hydrogen-bond donors (Lipinski definition) is 3. The molecule has 10 nitrogen and oxygen atoms in total. The van der Waals surface area contributed by atoms with E-state index >= 15 is 0 Å². The van der Waals surface area contributed by atoms with E-state index < -0.39 is 18.3 Å². The summed E-state index contributed by atoms with van der Waals surface area (Å²) in [7, 11) is 0. The number of aliphatic hydroxyl groups excluding tert-OH is 1. The normalized spacial score (nSPS) is 19.1. The largest absolute Gasteiger partial charge is 0.465 e. The number of aliphatic hydroxyl groups is 1. The van der Waals surface area contributed by atoms with Crippen LogP contribution in [-0.4, -0.2) is 45.9 Å². The molecule has 38 heavy (non-hydrogen) atoms. The Morgan fingerprint density at radius 2 is 1.82 bits per heavy atom. The van der Waals surface area contributed by atoms with Gasteiger partial charge in [-0.1, -0.05) is 59.6 Å². The van der Waals surface area contributed by atoms with Crippen LogP contribution in [0.1, 0.15) is 42.4 Å². The highest BCUT2D eigenvalue weighted by atomic mass is 35.5. The van der Waals surface area contributed by atoms with Crippen LogP contribution in [0.2, 0.25) is 10.3 Å². The van der Waals surface area contributed by atoms with Crippen molar-refractivity contribution in [2.75, 3.05) is 18.5 Å². The van der Waals surface area contributed by atoms with Gasteiger partial charge in [-0.05, 0) is 30.2 Å². The number of ether oxygens (including phenoxy) is 3. The maximum Gasteiger partial charge on any atom is 0.325 e. The van der Waals surface area contributed by atoms with Crippen molar-refractivity contribution in [3.63, 3.8) is 0 Å². The summed E-state index contributed by atoms with van der Waals surface area (Å²) in [4.78, 5) is 27.5. The number of anilines is 1. The Bertz CT molecular complexity index is 1240. The van der Waals surface area contributed by atoms with Crippen molar-refractivity contribution in [3.05, 3.63) is 81.9 Å². The van der Waals surface area contributed by atoms with E-state index in [0.29, 0.717) is 23.8 Å². The minimum atomic E-state index is -0.694. The van der Waals surface area contributed by atoms with E-state index in [1.54, 1.807) is 42.1 Å². The van der Waals surface area contributed by atoms with Gasteiger partial charge in [0, 0.05) is 17.7 Å². The molecule has 1 fully saturated rings. The van der Waals surface area contributed by atoms with Crippen molar-refractivity contribution >= 4 is 40.9 Å². The number of imidazole rings is 1. The van der Waals surface area contributed by atoms with Crippen molar-refractivity contribution in [1.82, 2.24) is 14.9 Å². The van der Waals surface area contributed by atoms with Crippen molar-refractivity contribution in [2.24, 2.45) is 0 Å². The number of carbonyl (C=O) groups is 2. The van der Waals surface area contributed by atoms with Crippen LogP contribution in [0.15, 0.2) is 54.9 Å². The van der Waals surface area contributed by atoms with Gasteiger partial charge in [0.05, 0.1) is 38.3 Å². The van der Waals surface area contributed by atoms with Crippen LogP contribution in [0.5, 0.6) is 0 Å². The smallest absolute Gasteiger partial charge is 0.325 e. The standard InChI is InChI=1S/C26H28Cl2N4O6/c1-2-36-22(34)12-29-26(35)31-19-9-7-18(8-10-19)25-37-20(13-32-15-30-23(27)24(32)28)11-21(38-25)17-5-3-16(14-33)4-6-17/h3-10,15,20-21,25,33H,2,11-14H2,1H3,(H2,29,31,35)/t20-,21+,25+/m0/s1. The number of aromatic nitrogens is 2. The maximum absolute atomic E-state index is 12.1. The number of hydrogen-bond acceptors (Lipinski definition) is 7. The van der Waals surface area contributed by atoms with Crippen molar-refractivity contribution in [2.45, 2.75) is 45.0 Å². The van der Waals surface area contributed by atoms with Gasteiger partial charge in [0.2, 0.25) is 0 Å². The first-order valence-electron chi connectivity index (χ1n) is 12.0. The Hall–Kier alpha value is -3.15. The molecule has 1 aliphatic rings. The first kappa shape index (κ1) is 27.9. The molecule has 0 unspecified atom stereocenters. The SMILES string of the molecule is CCOC(=O)CNC(=O)Nc1ccc([C@@H]2O[C@H](Cn3cnc(Cl)c3Cl)C[C@H](c3ccc(CO)cc3)O2)cc1. The van der Waals surface area contributed by atoms with Gasteiger partial charge in [-0.2, -0.15) is 0 Å². The predicted octanol–water partition coefficient (Wildman–Crippen LogP) is 4.61. The highest BCUT2D eigenvalue weighted by Gasteiger charge is 2.33. The van der Waals surface area contributed by atoms with E-state index in [1.807, 2.05) is 24.3 Å². The molecular formula is C26H28Cl2N4O6. The molecule has 2 heterocycles. The molecule has 0 bridgehead atoms. The zero-order chi connectivity index (χ0) is 27.1. The number of nitrogens with zero attached hydrogens (tertiary/aromatic N) is 2. The Balaban J connectivity index is 1.46. The van der Waals surface area contributed by atoms with Gasteiger partial charge in [0.1, 0.15) is 11.7 Å². The molecular weight excluding hydrogens is 535 g/mol. The summed E-state index contributed by atoms with van der Waals surface area (Å²) < 4.78 is 19.1. The van der Waals surface area contributed by atoms with E-state index in [4.69, 9.17) is 37.4 Å². The molecule has 202 valence electrons. The topological polar surface area (TPSA) is 124 Å². The fourth-order valence-electron chi connectivity index (χ4n) is 3.99. The molecule has 0 aliphatic carbocycles. The van der Waals surface area contributed by atoms with E-state index in [2.05, 4.69) is 15.6 Å². The number of esters is 1. The van der Waals surface area contributed by atoms with Gasteiger partial charge in [-0.3, -0.25) is 4.79 Å². The highest BCUT2D eigenvalue weighted by molar-refractivity contribution is 6.40. The van der Waals surface area contributed by atoms with E-state index in [0.717, 1.165) is 16.7 Å². The molecule has 4 rings (SSSR count). The lowest BCUT2D eigenvalue weighted by atomic mass is 10.00. The highest BCUT2D eigenvalue weighted by Crippen LogP contribution is 2.39. The second-order valence-corrected chi connectivity index (χ2v) is 9.28. The van der Waals surface area contributed by atoms with Gasteiger partial charge in [0.15, 0.2) is 11.4 Å². The molecule has 2 aromatic carbocycles. The Kier molecular flexibility index (Phi) is 9.59. The summed E-state index contributed by atoms with van der Waals surface area (Å²) in [6.45, 7) is 2.09. The Morgan fingerprint density at radius 1 is 1.11 bits per heavy atom. The van der Waals surface area contributed by atoms with Crippen molar-refractivity contribution in [3.8, 4) is 0 Å². The van der Waals surface area contributed by atoms with E-state index in [9.17, 15) is 14.7 Å². The van der Waals surface area contributed by atoms with Crippen LogP contribution in [-0.2, 0) is 32.2 Å². The summed E-state index contributed by atoms with van der Waals surface area (Å²) in [5, 5.41) is 15.0. The first-order valence-corrected chi connectivity index (χ1v) is 12.8. The molecule has 2 amide bonds. The average molecular weight is 563 g/mol. The average Bonchev–Trinajstić information content (AvgIpc) is 3.24. The monoisotopic (exact) mass is 562 g/mol. The number of amides is 2. The predicted molar refractivity (Wildman–Crippen MR) is 141 cm³/mol. The zero-order valence-corrected chi connectivity index (χ0v) is 22.1. The third-order valence-electron chi connectivity index (χ3n) is 5.89. The Morgan fingerprint density at radius 3 is 2.45 bits per heavy atom. The summed E-state index contributed by atoms with van der Waals surface area (Å²) in [5.41, 5.74) is 3.03. The van der Waals surface area contributed by atoms with Gasteiger partial charge < -0.3 is 34.5 Å². The number of nitrogens with one attached hydrogen (secondary N) is 2. The molecule has 1 aliphatic heterocycles. The second kappa shape index (κ2) is 13.1. The molecule has 0 saturated carbocycles. The molecule has 0 radical (unpaired) electrons. The molecule has 1 aromatic heterocycles. The fraction of sp³-hybridized carbons (Fsp3) is 0.346. The maximum atomic E-state index is 12.1. The van der Waals surface area contributed by atoms with Gasteiger partial charge in [0.25, 0.3) is 0 Å². The molecule has 1 saturated heterocycles. The zero-order valence-electron chi connectivity index (χ0n) is 20.6. The number of urea groups is 1. The van der Waals surface area contributed by atoms with Crippen LogP contribution in [0.3, 0.4) is 0 Å². The molecule has 0 spiro atoms. The third kappa shape index (κ3) is 7.24. The molecule has 3 aromatic rings. The van der Waals surface area contributed by atoms with Gasteiger partial charge in [-0.25, -0.2) is 9.78 Å². The second-order valence-electron chi connectivity index (χ2n) is 8.56. The number of carbonyl (C=O) groups excluding carboxylic acids is 2. The summed E-state index contributed by atoms with van der Waals surface area (Å²) in [5.74, 6) is -0.515. The lowest BCUT2D eigenvalue weighted by molar-refractivity contribution is -0.252. The minimum Gasteiger partial charge on any atom is -0.465 e. The fourth-order valence-corrected chi connectivity index (χ4v) is 4.30. The minimum absolute atomic E-state index is 0.0404. The lowest BCUT2D eigenvalue weighted by Crippen LogP contribution is -2.34. The third-order valence-corrected chi connectivity index (χ3v) is 6.66. The van der Waals surface area contributed by atoms with Crippen molar-refractivity contribution < 1.29 is 28.9 Å². The van der Waals surface area contributed by atoms with E-state index in [-0.39, 0.29) is 37.1 Å². The van der Waals surface area contributed by atoms with Crippen LogP contribution in [0, 0.1) is 0 Å². The molecule has 12 heteroatoms. The first-order chi connectivity index (χ1) is 18.4. The molecule has 3 atom stereocenters. The molecule has 3 N–H and O–H groups in total. The van der Waals surface area contributed by atoms with Crippen LogP contribution in [0.25, 0.3) is 0 Å². The summed E-state index contributed by atoms with van der Waals surface area (Å²) in [6, 6.07) is 14.1. The number of halogens is 2. The Labute approximate surface area is 229 Å². The van der Waals surface area contributed by atoms with E-state index in [1.165, 1.54) is 0 Å². The van der Waals surface area contributed by atoms with Crippen LogP contribution < -0.4 is 10.6 Å². The van der Waals surface area contributed by atoms with Crippen molar-refractivity contribution in [1.29, 1.82) is 0 Å². The quantitative estimate of drug-likeness (QED) is 0.325. The van der Waals surface area contributed by atoms with Gasteiger partial charge >= 0.3 is 12.0 Å². The lowest BCUT2D eigenvalue weighted by Gasteiger charge is -2.36. The summed E-state index contributed by atoms with van der Waals surface area (Å²) in [6.07, 6.45) is 0.875. The van der Waals surface area contributed by atoms with Crippen LogP contribution in [0.4, 0.5) is 10.5 Å². The summed E-state index contributed by atoms with van der Waals surface area (Å²) >= 11 is 12.3.